The van der Waals surface area contributed by atoms with Crippen molar-refractivity contribution >= 4 is 0 Å². The second-order valence-corrected chi connectivity index (χ2v) is 3.09. The average molecular weight is 172 g/mol. The van der Waals surface area contributed by atoms with Crippen LogP contribution in [0.3, 0.4) is 0 Å². The Morgan fingerprint density at radius 1 is 0.917 bits per heavy atom. The van der Waals surface area contributed by atoms with E-state index in [1.54, 1.807) is 0 Å². The molecular formula is C10H22NO. The largest absolute Gasteiger partial charge is 0.396 e. The smallest absolute Gasteiger partial charge is 0.0431 e. The van der Waals surface area contributed by atoms with Gasteiger partial charge < -0.3 is 10.4 Å². The molecule has 0 spiro atoms. The molecule has 0 saturated carbocycles. The highest BCUT2D eigenvalue weighted by Gasteiger charge is 1.88. The Labute approximate surface area is 76.4 Å². The maximum atomic E-state index is 8.50. The predicted molar refractivity (Wildman–Crippen MR) is 53.0 cm³/mol. The molecule has 0 heterocycles. The first-order valence-electron chi connectivity index (χ1n) is 5.02. The molecule has 2 N–H and O–H groups in total. The molecule has 2 nitrogen and oxygen atoms in total. The molecule has 0 saturated heterocycles. The summed E-state index contributed by atoms with van der Waals surface area (Å²) >= 11 is 0. The minimum Gasteiger partial charge on any atom is -0.396 e. The van der Waals surface area contributed by atoms with Gasteiger partial charge in [-0.1, -0.05) is 26.2 Å². The van der Waals surface area contributed by atoms with Crippen LogP contribution in [0.4, 0.5) is 0 Å². The van der Waals surface area contributed by atoms with E-state index in [9.17, 15) is 0 Å². The van der Waals surface area contributed by atoms with Crippen LogP contribution in [-0.2, 0) is 0 Å². The lowest BCUT2D eigenvalue weighted by Crippen LogP contribution is -2.16. The molecule has 0 aliphatic carbocycles. The molecule has 0 fully saturated rings. The lowest BCUT2D eigenvalue weighted by molar-refractivity contribution is 0.283. The highest BCUT2D eigenvalue weighted by atomic mass is 16.2. The van der Waals surface area contributed by atoms with Crippen molar-refractivity contribution in [1.29, 1.82) is 0 Å². The van der Waals surface area contributed by atoms with Gasteiger partial charge in [0.15, 0.2) is 0 Å². The zero-order valence-corrected chi connectivity index (χ0v) is 8.02. The van der Waals surface area contributed by atoms with Crippen molar-refractivity contribution in [2.24, 2.45) is 0 Å². The molecule has 0 unspecified atom stereocenters. The van der Waals surface area contributed by atoms with E-state index in [0.717, 1.165) is 32.4 Å². The van der Waals surface area contributed by atoms with E-state index in [-0.39, 0.29) is 0 Å². The van der Waals surface area contributed by atoms with Gasteiger partial charge in [0.05, 0.1) is 0 Å². The van der Waals surface area contributed by atoms with Crippen LogP contribution >= 0.6 is 0 Å². The van der Waals surface area contributed by atoms with Gasteiger partial charge in [0, 0.05) is 6.61 Å². The van der Waals surface area contributed by atoms with E-state index in [1.165, 1.54) is 19.3 Å². The first kappa shape index (κ1) is 11.9. The quantitative estimate of drug-likeness (QED) is 0.519. The summed E-state index contributed by atoms with van der Waals surface area (Å²) in [5.74, 6) is 0. The Morgan fingerprint density at radius 3 is 2.17 bits per heavy atom. The summed E-state index contributed by atoms with van der Waals surface area (Å²) in [5.41, 5.74) is 0. The maximum Gasteiger partial charge on any atom is 0.0431 e. The molecule has 73 valence electrons. The van der Waals surface area contributed by atoms with Crippen LogP contribution in [0, 0.1) is 6.92 Å². The summed E-state index contributed by atoms with van der Waals surface area (Å²) < 4.78 is 0. The zero-order valence-electron chi connectivity index (χ0n) is 8.02. The standard InChI is InChI=1S/C10H22NO/c1-2-3-4-5-8-11-9-6-7-10-12/h11-12H,1-10H2. The van der Waals surface area contributed by atoms with Crippen molar-refractivity contribution in [2.75, 3.05) is 19.7 Å². The molecule has 0 rings (SSSR count). The van der Waals surface area contributed by atoms with Crippen molar-refractivity contribution in [2.45, 2.75) is 38.5 Å². The molecule has 0 atom stereocenters. The topological polar surface area (TPSA) is 32.3 Å². The third-order valence-corrected chi connectivity index (χ3v) is 1.87. The summed E-state index contributed by atoms with van der Waals surface area (Å²) in [5, 5.41) is 11.9. The monoisotopic (exact) mass is 172 g/mol. The Hall–Kier alpha value is -0.0800. The molecule has 0 amide bonds. The summed E-state index contributed by atoms with van der Waals surface area (Å²) in [6.07, 6.45) is 6.87. The third kappa shape index (κ3) is 9.92. The van der Waals surface area contributed by atoms with Crippen LogP contribution in [0.5, 0.6) is 0 Å². The van der Waals surface area contributed by atoms with Gasteiger partial charge in [-0.3, -0.25) is 0 Å². The number of rotatable bonds is 9. The predicted octanol–water partition coefficient (Wildman–Crippen LogP) is 1.74. The number of aliphatic hydroxyl groups is 1. The van der Waals surface area contributed by atoms with Gasteiger partial charge in [-0.15, -0.1) is 0 Å². The van der Waals surface area contributed by atoms with Crippen molar-refractivity contribution in [1.82, 2.24) is 5.32 Å². The van der Waals surface area contributed by atoms with E-state index in [2.05, 4.69) is 12.2 Å². The van der Waals surface area contributed by atoms with E-state index >= 15 is 0 Å². The summed E-state index contributed by atoms with van der Waals surface area (Å²) in [6, 6.07) is 0. The van der Waals surface area contributed by atoms with Gasteiger partial charge in [-0.25, -0.2) is 0 Å². The molecule has 0 aromatic heterocycles. The molecule has 0 aromatic rings. The average Bonchev–Trinajstić information content (AvgIpc) is 2.10. The van der Waals surface area contributed by atoms with Crippen molar-refractivity contribution < 1.29 is 5.11 Å². The Morgan fingerprint density at radius 2 is 1.58 bits per heavy atom. The van der Waals surface area contributed by atoms with Crippen LogP contribution in [0.15, 0.2) is 0 Å². The molecule has 1 radical (unpaired) electrons. The highest BCUT2D eigenvalue weighted by molar-refractivity contribution is 4.50. The normalized spacial score (nSPS) is 10.5. The van der Waals surface area contributed by atoms with Gasteiger partial charge in [0.25, 0.3) is 0 Å². The van der Waals surface area contributed by atoms with Gasteiger partial charge >= 0.3 is 0 Å². The van der Waals surface area contributed by atoms with Gasteiger partial charge in [-0.2, -0.15) is 0 Å². The summed E-state index contributed by atoms with van der Waals surface area (Å²) in [7, 11) is 0. The molecule has 0 aromatic carbocycles. The van der Waals surface area contributed by atoms with Crippen molar-refractivity contribution in [3.63, 3.8) is 0 Å². The Balaban J connectivity index is 2.73. The minimum atomic E-state index is 0.323. The zero-order chi connectivity index (χ0) is 9.07. The molecule has 0 bridgehead atoms. The van der Waals surface area contributed by atoms with Crippen molar-refractivity contribution in [3.8, 4) is 0 Å². The maximum absolute atomic E-state index is 8.50. The number of hydrogen-bond donors (Lipinski definition) is 2. The van der Waals surface area contributed by atoms with Gasteiger partial charge in [-0.05, 0) is 32.4 Å². The molecule has 2 heteroatoms. The van der Waals surface area contributed by atoms with Gasteiger partial charge in [0.1, 0.15) is 0 Å². The highest BCUT2D eigenvalue weighted by Crippen LogP contribution is 1.96. The third-order valence-electron chi connectivity index (χ3n) is 1.87. The fourth-order valence-electron chi connectivity index (χ4n) is 1.09. The Kier molecular flexibility index (Phi) is 10.8. The Bertz CT molecular complexity index is 66.2. The first-order chi connectivity index (χ1) is 5.91. The van der Waals surface area contributed by atoms with E-state index in [4.69, 9.17) is 5.11 Å². The van der Waals surface area contributed by atoms with Crippen LogP contribution in [0.2, 0.25) is 0 Å². The fourth-order valence-corrected chi connectivity index (χ4v) is 1.09. The van der Waals surface area contributed by atoms with Crippen LogP contribution in [0.25, 0.3) is 0 Å². The van der Waals surface area contributed by atoms with E-state index in [1.807, 2.05) is 0 Å². The molecule has 0 aliphatic heterocycles. The van der Waals surface area contributed by atoms with Crippen molar-refractivity contribution in [3.05, 3.63) is 6.92 Å². The number of nitrogens with one attached hydrogen (secondary N) is 1. The summed E-state index contributed by atoms with van der Waals surface area (Å²) in [6.45, 7) is 6.28. The lowest BCUT2D eigenvalue weighted by atomic mass is 10.2. The molecular weight excluding hydrogens is 150 g/mol. The van der Waals surface area contributed by atoms with E-state index < -0.39 is 0 Å². The second-order valence-electron chi connectivity index (χ2n) is 3.09. The van der Waals surface area contributed by atoms with Crippen LogP contribution in [-0.4, -0.2) is 24.8 Å². The number of hydrogen-bond acceptors (Lipinski definition) is 2. The number of aliphatic hydroxyl groups excluding tert-OH is 1. The molecule has 0 aliphatic rings. The second kappa shape index (κ2) is 10.9. The van der Waals surface area contributed by atoms with E-state index in [0.29, 0.717) is 6.61 Å². The van der Waals surface area contributed by atoms with Crippen LogP contribution < -0.4 is 5.32 Å². The lowest BCUT2D eigenvalue weighted by Gasteiger charge is -2.02. The number of unbranched alkanes of at least 4 members (excludes halogenated alkanes) is 4. The first-order valence-corrected chi connectivity index (χ1v) is 5.02. The minimum absolute atomic E-state index is 0.323. The summed E-state index contributed by atoms with van der Waals surface area (Å²) in [4.78, 5) is 0. The fraction of sp³-hybridized carbons (Fsp3) is 0.900. The molecule has 12 heavy (non-hydrogen) atoms. The SMILES string of the molecule is [CH2]CCCCCNCCCCO. The van der Waals surface area contributed by atoms with Gasteiger partial charge in [0.2, 0.25) is 0 Å². The van der Waals surface area contributed by atoms with Crippen LogP contribution in [0.1, 0.15) is 38.5 Å².